The van der Waals surface area contributed by atoms with Crippen molar-refractivity contribution in [2.75, 3.05) is 51.3 Å². The van der Waals surface area contributed by atoms with Gasteiger partial charge in [-0.15, -0.1) is 0 Å². The Morgan fingerprint density at radius 1 is 1.06 bits per heavy atom. The van der Waals surface area contributed by atoms with Crippen molar-refractivity contribution in [3.8, 4) is 17.1 Å². The molecule has 1 unspecified atom stereocenters. The zero-order chi connectivity index (χ0) is 21.9. The van der Waals surface area contributed by atoms with Gasteiger partial charge in [0.15, 0.2) is 5.82 Å². The van der Waals surface area contributed by atoms with Gasteiger partial charge in [0.1, 0.15) is 12.1 Å². The van der Waals surface area contributed by atoms with Crippen LogP contribution in [0.3, 0.4) is 0 Å². The normalized spacial score (nSPS) is 19.1. The van der Waals surface area contributed by atoms with Gasteiger partial charge >= 0.3 is 0 Å². The van der Waals surface area contributed by atoms with Crippen molar-refractivity contribution >= 4 is 5.69 Å². The number of nitrogens with zero attached hydrogens (tertiary/aromatic N) is 5. The molecule has 5 rings (SSSR count). The van der Waals surface area contributed by atoms with Crippen molar-refractivity contribution < 1.29 is 9.47 Å². The summed E-state index contributed by atoms with van der Waals surface area (Å²) in [6.45, 7) is 6.11. The Morgan fingerprint density at radius 3 is 2.59 bits per heavy atom. The van der Waals surface area contributed by atoms with Crippen LogP contribution in [0.15, 0.2) is 48.8 Å². The van der Waals surface area contributed by atoms with E-state index < -0.39 is 0 Å². The monoisotopic (exact) mass is 433 g/mol. The lowest BCUT2D eigenvalue weighted by Gasteiger charge is -2.37. The molecule has 1 atom stereocenters. The summed E-state index contributed by atoms with van der Waals surface area (Å²) in [5.41, 5.74) is 5.11. The highest BCUT2D eigenvalue weighted by Crippen LogP contribution is 2.32. The average Bonchev–Trinajstić information content (AvgIpc) is 3.28. The molecular formula is C25H31N5O2. The highest BCUT2D eigenvalue weighted by molar-refractivity contribution is 5.58. The van der Waals surface area contributed by atoms with Crippen LogP contribution in [0.5, 0.6) is 5.75 Å². The van der Waals surface area contributed by atoms with E-state index in [1.165, 1.54) is 16.8 Å². The first-order valence-corrected chi connectivity index (χ1v) is 11.4. The van der Waals surface area contributed by atoms with Crippen LogP contribution in [-0.2, 0) is 18.2 Å². The fourth-order valence-electron chi connectivity index (χ4n) is 4.80. The highest BCUT2D eigenvalue weighted by atomic mass is 16.5. The molecular weight excluding hydrogens is 402 g/mol. The molecule has 0 N–H and O–H groups in total. The standard InChI is InChI=1S/C25H31N5O2/c1-28-25(26-18-27-28)20-3-8-23-19(17-20)10-16-32-24(23)9-11-29-12-14-30(15-13-29)21-4-6-22(31-2)7-5-21/h3-8,17-18,24H,9-16H2,1-2H3. The SMILES string of the molecule is COc1ccc(N2CCN(CCC3OCCc4cc(-c5ncnn5C)ccc43)CC2)cc1. The predicted octanol–water partition coefficient (Wildman–Crippen LogP) is 3.32. The first-order valence-electron chi connectivity index (χ1n) is 11.4. The van der Waals surface area contributed by atoms with Gasteiger partial charge in [-0.25, -0.2) is 9.67 Å². The highest BCUT2D eigenvalue weighted by Gasteiger charge is 2.24. The number of anilines is 1. The Kier molecular flexibility index (Phi) is 6.10. The molecule has 32 heavy (non-hydrogen) atoms. The summed E-state index contributed by atoms with van der Waals surface area (Å²) in [7, 11) is 3.64. The first-order chi connectivity index (χ1) is 15.7. The lowest BCUT2D eigenvalue weighted by atomic mass is 9.93. The summed E-state index contributed by atoms with van der Waals surface area (Å²) in [5.74, 6) is 1.81. The molecule has 7 heteroatoms. The van der Waals surface area contributed by atoms with Crippen LogP contribution in [0.4, 0.5) is 5.69 Å². The van der Waals surface area contributed by atoms with Crippen molar-refractivity contribution in [2.45, 2.75) is 18.9 Å². The third kappa shape index (κ3) is 4.36. The third-order valence-corrected chi connectivity index (χ3v) is 6.67. The van der Waals surface area contributed by atoms with Crippen LogP contribution in [0.1, 0.15) is 23.7 Å². The lowest BCUT2D eigenvalue weighted by molar-refractivity contribution is 0.0289. The summed E-state index contributed by atoms with van der Waals surface area (Å²) >= 11 is 0. The van der Waals surface area contributed by atoms with Crippen molar-refractivity contribution in [3.05, 3.63) is 59.9 Å². The number of ether oxygens (including phenoxy) is 2. The number of benzene rings is 2. The van der Waals surface area contributed by atoms with Gasteiger partial charge in [-0.05, 0) is 54.3 Å². The predicted molar refractivity (Wildman–Crippen MR) is 125 cm³/mol. The second kappa shape index (κ2) is 9.30. The van der Waals surface area contributed by atoms with Gasteiger partial charge in [-0.2, -0.15) is 5.10 Å². The number of rotatable bonds is 6. The van der Waals surface area contributed by atoms with Gasteiger partial charge < -0.3 is 14.4 Å². The molecule has 0 bridgehead atoms. The third-order valence-electron chi connectivity index (χ3n) is 6.67. The molecule has 1 fully saturated rings. The number of piperazine rings is 1. The van der Waals surface area contributed by atoms with Crippen LogP contribution in [0, 0.1) is 0 Å². The van der Waals surface area contributed by atoms with E-state index in [2.05, 4.69) is 50.2 Å². The van der Waals surface area contributed by atoms with Gasteiger partial charge in [0.25, 0.3) is 0 Å². The lowest BCUT2D eigenvalue weighted by Crippen LogP contribution is -2.46. The molecule has 3 aromatic rings. The second-order valence-corrected chi connectivity index (χ2v) is 8.55. The fourth-order valence-corrected chi connectivity index (χ4v) is 4.80. The maximum atomic E-state index is 6.18. The molecule has 168 valence electrons. The van der Waals surface area contributed by atoms with E-state index >= 15 is 0 Å². The zero-order valence-electron chi connectivity index (χ0n) is 18.9. The van der Waals surface area contributed by atoms with E-state index in [4.69, 9.17) is 9.47 Å². The molecule has 2 aromatic carbocycles. The Bertz CT molecular complexity index is 1040. The van der Waals surface area contributed by atoms with E-state index in [1.807, 2.05) is 23.9 Å². The van der Waals surface area contributed by atoms with Crippen molar-refractivity contribution in [1.29, 1.82) is 0 Å². The van der Waals surface area contributed by atoms with Gasteiger partial charge in [0.05, 0.1) is 19.8 Å². The van der Waals surface area contributed by atoms with Gasteiger partial charge in [-0.3, -0.25) is 4.90 Å². The molecule has 3 heterocycles. The number of aryl methyl sites for hydroxylation is 1. The number of hydrogen-bond donors (Lipinski definition) is 0. The minimum Gasteiger partial charge on any atom is -0.497 e. The number of aromatic nitrogens is 3. The molecule has 0 radical (unpaired) electrons. The summed E-state index contributed by atoms with van der Waals surface area (Å²) in [6, 6.07) is 15.0. The maximum Gasteiger partial charge on any atom is 0.157 e. The van der Waals surface area contributed by atoms with E-state index in [1.54, 1.807) is 13.4 Å². The minimum absolute atomic E-state index is 0.173. The smallest absolute Gasteiger partial charge is 0.157 e. The maximum absolute atomic E-state index is 6.18. The number of hydrogen-bond acceptors (Lipinski definition) is 6. The first kappa shape index (κ1) is 21.0. The van der Waals surface area contributed by atoms with Gasteiger partial charge in [-0.1, -0.05) is 12.1 Å². The topological polar surface area (TPSA) is 55.6 Å². The van der Waals surface area contributed by atoms with Crippen molar-refractivity contribution in [3.63, 3.8) is 0 Å². The molecule has 7 nitrogen and oxygen atoms in total. The summed E-state index contributed by atoms with van der Waals surface area (Å²) in [4.78, 5) is 9.41. The Morgan fingerprint density at radius 2 is 1.88 bits per heavy atom. The molecule has 0 spiro atoms. The number of fused-ring (bicyclic) bond motifs is 1. The second-order valence-electron chi connectivity index (χ2n) is 8.55. The minimum atomic E-state index is 0.173. The van der Waals surface area contributed by atoms with E-state index in [0.717, 1.165) is 69.3 Å². The summed E-state index contributed by atoms with van der Waals surface area (Å²) in [6.07, 6.45) is 3.76. The van der Waals surface area contributed by atoms with Gasteiger partial charge in [0.2, 0.25) is 0 Å². The Balaban J connectivity index is 1.17. The Labute approximate surface area is 189 Å². The van der Waals surface area contributed by atoms with Crippen LogP contribution in [0.25, 0.3) is 11.4 Å². The van der Waals surface area contributed by atoms with Crippen LogP contribution >= 0.6 is 0 Å². The van der Waals surface area contributed by atoms with Crippen LogP contribution < -0.4 is 9.64 Å². The largest absolute Gasteiger partial charge is 0.497 e. The van der Waals surface area contributed by atoms with Crippen molar-refractivity contribution in [1.82, 2.24) is 19.7 Å². The molecule has 0 saturated carbocycles. The van der Waals surface area contributed by atoms with E-state index in [9.17, 15) is 0 Å². The summed E-state index contributed by atoms with van der Waals surface area (Å²) < 4.78 is 13.3. The number of methoxy groups -OCH3 is 1. The van der Waals surface area contributed by atoms with Crippen LogP contribution in [-0.4, -0.2) is 66.1 Å². The molecule has 0 aliphatic carbocycles. The van der Waals surface area contributed by atoms with Crippen molar-refractivity contribution in [2.24, 2.45) is 7.05 Å². The molecule has 2 aliphatic heterocycles. The molecule has 2 aliphatic rings. The summed E-state index contributed by atoms with van der Waals surface area (Å²) in [5, 5.41) is 4.20. The van der Waals surface area contributed by atoms with Gasteiger partial charge in [0, 0.05) is 51.0 Å². The molecule has 1 aromatic heterocycles. The van der Waals surface area contributed by atoms with E-state index in [-0.39, 0.29) is 6.10 Å². The quantitative estimate of drug-likeness (QED) is 0.595. The average molecular weight is 434 g/mol. The molecule has 1 saturated heterocycles. The van der Waals surface area contributed by atoms with E-state index in [0.29, 0.717) is 0 Å². The zero-order valence-corrected chi connectivity index (χ0v) is 18.9. The molecule has 0 amide bonds. The van der Waals surface area contributed by atoms with Crippen LogP contribution in [0.2, 0.25) is 0 Å². The Hall–Kier alpha value is -2.90. The fraction of sp³-hybridized carbons (Fsp3) is 0.440.